The summed E-state index contributed by atoms with van der Waals surface area (Å²) in [5.74, 6) is 0.865. The number of hydrogen-bond acceptors (Lipinski definition) is 4. The number of aryl methyl sites for hydroxylation is 1. The lowest BCUT2D eigenvalue weighted by molar-refractivity contribution is -0.116. The Morgan fingerprint density at radius 3 is 2.84 bits per heavy atom. The summed E-state index contributed by atoms with van der Waals surface area (Å²) in [5, 5.41) is 6.81. The third kappa shape index (κ3) is 3.04. The van der Waals surface area contributed by atoms with Crippen molar-refractivity contribution >= 4 is 17.4 Å². The zero-order chi connectivity index (χ0) is 13.8. The summed E-state index contributed by atoms with van der Waals surface area (Å²) in [6.45, 7) is 1.95. The molecule has 0 spiro atoms. The summed E-state index contributed by atoms with van der Waals surface area (Å²) in [4.78, 5) is 11.9. The number of benzene rings is 1. The first kappa shape index (κ1) is 12.9. The van der Waals surface area contributed by atoms with Gasteiger partial charge in [0.15, 0.2) is 0 Å². The van der Waals surface area contributed by atoms with Crippen molar-refractivity contribution in [3.05, 3.63) is 36.0 Å². The van der Waals surface area contributed by atoms with E-state index in [0.717, 1.165) is 5.56 Å². The van der Waals surface area contributed by atoms with Gasteiger partial charge in [0.2, 0.25) is 5.91 Å². The fourth-order valence-corrected chi connectivity index (χ4v) is 1.70. The number of carbonyl (C=O) groups excluding carboxylic acids is 1. The molecule has 2 aromatic rings. The van der Waals surface area contributed by atoms with Gasteiger partial charge in [-0.25, -0.2) is 0 Å². The maximum absolute atomic E-state index is 11.9. The molecule has 1 heterocycles. The van der Waals surface area contributed by atoms with E-state index in [1.165, 1.54) is 4.68 Å². The van der Waals surface area contributed by atoms with Gasteiger partial charge in [-0.05, 0) is 19.1 Å². The van der Waals surface area contributed by atoms with Crippen LogP contribution in [-0.2, 0) is 11.3 Å². The highest BCUT2D eigenvalue weighted by atomic mass is 16.5. The van der Waals surface area contributed by atoms with Gasteiger partial charge in [0.25, 0.3) is 0 Å². The summed E-state index contributed by atoms with van der Waals surface area (Å²) in [6, 6.07) is 7.23. The fourth-order valence-electron chi connectivity index (χ4n) is 1.70. The Bertz CT molecular complexity index is 573. The van der Waals surface area contributed by atoms with Crippen LogP contribution in [0.5, 0.6) is 5.75 Å². The molecule has 100 valence electrons. The lowest BCUT2D eigenvalue weighted by atomic mass is 10.3. The van der Waals surface area contributed by atoms with E-state index in [4.69, 9.17) is 10.5 Å². The van der Waals surface area contributed by atoms with Crippen LogP contribution in [0.4, 0.5) is 11.5 Å². The van der Waals surface area contributed by atoms with Gasteiger partial charge in [0, 0.05) is 11.8 Å². The molecule has 0 unspecified atom stereocenters. The molecule has 0 atom stereocenters. The largest absolute Gasteiger partial charge is 0.495 e. The number of hydrogen-bond donors (Lipinski definition) is 2. The predicted octanol–water partition coefficient (Wildman–Crippen LogP) is 1.42. The standard InChI is InChI=1S/C13H16N4O2/c1-9-7-17(16-13(9)14)8-12(18)15-10-5-3-4-6-11(10)19-2/h3-7H,8H2,1-2H3,(H2,14,16)(H,15,18). The molecule has 0 fully saturated rings. The van der Waals surface area contributed by atoms with Crippen LogP contribution in [0, 0.1) is 6.92 Å². The summed E-state index contributed by atoms with van der Waals surface area (Å²) >= 11 is 0. The molecule has 1 amide bonds. The van der Waals surface area contributed by atoms with E-state index in [9.17, 15) is 4.79 Å². The maximum atomic E-state index is 11.9. The van der Waals surface area contributed by atoms with Gasteiger partial charge in [-0.2, -0.15) is 5.10 Å². The highest BCUT2D eigenvalue weighted by Gasteiger charge is 2.09. The molecule has 0 bridgehead atoms. The van der Waals surface area contributed by atoms with Gasteiger partial charge in [-0.1, -0.05) is 12.1 Å². The molecule has 19 heavy (non-hydrogen) atoms. The van der Waals surface area contributed by atoms with Crippen molar-refractivity contribution in [3.8, 4) is 5.75 Å². The minimum Gasteiger partial charge on any atom is -0.495 e. The number of nitrogen functional groups attached to an aromatic ring is 1. The molecule has 6 nitrogen and oxygen atoms in total. The molecular weight excluding hydrogens is 244 g/mol. The number of aromatic nitrogens is 2. The van der Waals surface area contributed by atoms with Crippen molar-refractivity contribution in [3.63, 3.8) is 0 Å². The highest BCUT2D eigenvalue weighted by Crippen LogP contribution is 2.22. The van der Waals surface area contributed by atoms with Crippen LogP contribution in [0.15, 0.2) is 30.5 Å². The third-order valence-corrected chi connectivity index (χ3v) is 2.67. The number of methoxy groups -OCH3 is 1. The summed E-state index contributed by atoms with van der Waals surface area (Å²) in [7, 11) is 1.56. The quantitative estimate of drug-likeness (QED) is 0.871. The number of nitrogens with two attached hydrogens (primary N) is 1. The van der Waals surface area contributed by atoms with Crippen LogP contribution in [0.25, 0.3) is 0 Å². The van der Waals surface area contributed by atoms with Crippen molar-refractivity contribution in [2.24, 2.45) is 0 Å². The average Bonchev–Trinajstić information content (AvgIpc) is 2.68. The second-order valence-electron chi connectivity index (χ2n) is 4.14. The SMILES string of the molecule is COc1ccccc1NC(=O)Cn1cc(C)c(N)n1. The monoisotopic (exact) mass is 260 g/mol. The van der Waals surface area contributed by atoms with Gasteiger partial charge in [-0.3, -0.25) is 9.48 Å². The van der Waals surface area contributed by atoms with Crippen LogP contribution in [0.1, 0.15) is 5.56 Å². The van der Waals surface area contributed by atoms with Crippen molar-refractivity contribution < 1.29 is 9.53 Å². The van der Waals surface area contributed by atoms with Crippen molar-refractivity contribution in [1.29, 1.82) is 0 Å². The number of para-hydroxylation sites is 2. The van der Waals surface area contributed by atoms with E-state index in [1.807, 2.05) is 19.1 Å². The van der Waals surface area contributed by atoms with E-state index in [2.05, 4.69) is 10.4 Å². The van der Waals surface area contributed by atoms with E-state index in [0.29, 0.717) is 17.3 Å². The van der Waals surface area contributed by atoms with Gasteiger partial charge in [-0.15, -0.1) is 0 Å². The smallest absolute Gasteiger partial charge is 0.246 e. The van der Waals surface area contributed by atoms with Crippen LogP contribution in [0.3, 0.4) is 0 Å². The molecule has 1 aromatic carbocycles. The predicted molar refractivity (Wildman–Crippen MR) is 73.0 cm³/mol. The topological polar surface area (TPSA) is 82.2 Å². The number of nitrogens with zero attached hydrogens (tertiary/aromatic N) is 2. The molecule has 3 N–H and O–H groups in total. The fraction of sp³-hybridized carbons (Fsp3) is 0.231. The van der Waals surface area contributed by atoms with Crippen LogP contribution in [-0.4, -0.2) is 22.8 Å². The Morgan fingerprint density at radius 1 is 1.47 bits per heavy atom. The Labute approximate surface area is 111 Å². The Balaban J connectivity index is 2.05. The molecule has 0 aliphatic rings. The molecule has 0 saturated carbocycles. The normalized spacial score (nSPS) is 10.2. The molecule has 0 aliphatic heterocycles. The zero-order valence-corrected chi connectivity index (χ0v) is 10.9. The van der Waals surface area contributed by atoms with Crippen molar-refractivity contribution in [1.82, 2.24) is 9.78 Å². The first-order chi connectivity index (χ1) is 9.10. The Morgan fingerprint density at radius 2 is 2.21 bits per heavy atom. The van der Waals surface area contributed by atoms with Crippen LogP contribution in [0.2, 0.25) is 0 Å². The van der Waals surface area contributed by atoms with E-state index in [-0.39, 0.29) is 12.5 Å². The minimum atomic E-state index is -0.188. The first-order valence-electron chi connectivity index (χ1n) is 5.82. The van der Waals surface area contributed by atoms with Crippen molar-refractivity contribution in [2.75, 3.05) is 18.2 Å². The second kappa shape index (κ2) is 5.43. The average molecular weight is 260 g/mol. The number of anilines is 2. The maximum Gasteiger partial charge on any atom is 0.246 e. The van der Waals surface area contributed by atoms with Crippen LogP contribution >= 0.6 is 0 Å². The van der Waals surface area contributed by atoms with Gasteiger partial charge < -0.3 is 15.8 Å². The lowest BCUT2D eigenvalue weighted by Gasteiger charge is -2.09. The van der Waals surface area contributed by atoms with E-state index >= 15 is 0 Å². The molecule has 0 saturated heterocycles. The summed E-state index contributed by atoms with van der Waals surface area (Å²) in [6.07, 6.45) is 1.73. The number of amides is 1. The van der Waals surface area contributed by atoms with Crippen LogP contribution < -0.4 is 15.8 Å². The number of carbonyl (C=O) groups is 1. The molecule has 2 rings (SSSR count). The molecule has 0 aliphatic carbocycles. The van der Waals surface area contributed by atoms with E-state index in [1.54, 1.807) is 25.4 Å². The molecule has 6 heteroatoms. The molecule has 0 radical (unpaired) electrons. The minimum absolute atomic E-state index is 0.107. The third-order valence-electron chi connectivity index (χ3n) is 2.67. The molecular formula is C13H16N4O2. The summed E-state index contributed by atoms with van der Waals surface area (Å²) in [5.41, 5.74) is 7.11. The molecule has 1 aromatic heterocycles. The lowest BCUT2D eigenvalue weighted by Crippen LogP contribution is -2.19. The number of rotatable bonds is 4. The number of nitrogens with one attached hydrogen (secondary N) is 1. The highest BCUT2D eigenvalue weighted by molar-refractivity contribution is 5.92. The number of ether oxygens (including phenoxy) is 1. The van der Waals surface area contributed by atoms with Gasteiger partial charge >= 0.3 is 0 Å². The van der Waals surface area contributed by atoms with Gasteiger partial charge in [0.05, 0.1) is 12.8 Å². The first-order valence-corrected chi connectivity index (χ1v) is 5.82. The Kier molecular flexibility index (Phi) is 3.70. The van der Waals surface area contributed by atoms with Crippen molar-refractivity contribution in [2.45, 2.75) is 13.5 Å². The second-order valence-corrected chi connectivity index (χ2v) is 4.14. The van der Waals surface area contributed by atoms with Gasteiger partial charge in [0.1, 0.15) is 18.1 Å². The summed E-state index contributed by atoms with van der Waals surface area (Å²) < 4.78 is 6.67. The zero-order valence-electron chi connectivity index (χ0n) is 10.9. The Hall–Kier alpha value is -2.50. The van der Waals surface area contributed by atoms with E-state index < -0.39 is 0 Å².